The first-order valence-corrected chi connectivity index (χ1v) is 17.1. The van der Waals surface area contributed by atoms with Gasteiger partial charge in [0.2, 0.25) is 0 Å². The molecular formula is C47H27N5O. The minimum atomic E-state index is 0.560. The Balaban J connectivity index is 1.25. The Hall–Kier alpha value is -7.67. The van der Waals surface area contributed by atoms with Crippen molar-refractivity contribution in [2.24, 2.45) is 0 Å². The zero-order chi connectivity index (χ0) is 35.7. The lowest BCUT2D eigenvalue weighted by molar-refractivity contribution is 0.670. The summed E-state index contributed by atoms with van der Waals surface area (Å²) in [6.45, 7) is 0. The molecule has 0 saturated carbocycles. The van der Waals surface area contributed by atoms with Crippen LogP contribution in [0.1, 0.15) is 11.1 Å². The van der Waals surface area contributed by atoms with Gasteiger partial charge < -0.3 is 4.42 Å². The van der Waals surface area contributed by atoms with Crippen LogP contribution in [0.4, 0.5) is 0 Å². The summed E-state index contributed by atoms with van der Waals surface area (Å²) in [6.07, 6.45) is 0. The molecule has 0 amide bonds. The average Bonchev–Trinajstić information content (AvgIpc) is 3.63. The van der Waals surface area contributed by atoms with E-state index in [1.165, 1.54) is 0 Å². The van der Waals surface area contributed by atoms with E-state index in [0.29, 0.717) is 28.6 Å². The van der Waals surface area contributed by atoms with Crippen LogP contribution < -0.4 is 0 Å². The van der Waals surface area contributed by atoms with E-state index in [4.69, 9.17) is 19.4 Å². The molecular weight excluding hydrogens is 651 g/mol. The number of rotatable bonds is 6. The van der Waals surface area contributed by atoms with Crippen molar-refractivity contribution in [2.45, 2.75) is 0 Å². The summed E-state index contributed by atoms with van der Waals surface area (Å²) in [6, 6.07) is 58.1. The number of nitrogens with zero attached hydrogens (tertiary/aromatic N) is 5. The molecule has 0 unspecified atom stereocenters. The molecule has 0 bridgehead atoms. The monoisotopic (exact) mass is 677 g/mol. The van der Waals surface area contributed by atoms with Crippen LogP contribution in [-0.4, -0.2) is 15.0 Å². The lowest BCUT2D eigenvalue weighted by Gasteiger charge is -2.11. The Morgan fingerprint density at radius 3 is 1.55 bits per heavy atom. The van der Waals surface area contributed by atoms with E-state index in [1.54, 1.807) is 12.1 Å². The molecule has 2 heterocycles. The van der Waals surface area contributed by atoms with Crippen molar-refractivity contribution in [2.75, 3.05) is 0 Å². The first kappa shape index (κ1) is 31.3. The van der Waals surface area contributed by atoms with E-state index >= 15 is 0 Å². The Kier molecular flexibility index (Phi) is 7.82. The number of furan rings is 1. The second-order valence-electron chi connectivity index (χ2n) is 12.7. The summed E-state index contributed by atoms with van der Waals surface area (Å²) < 4.78 is 6.69. The Bertz CT molecular complexity index is 2860. The maximum Gasteiger partial charge on any atom is 0.164 e. The highest BCUT2D eigenvalue weighted by molar-refractivity contribution is 6.16. The van der Waals surface area contributed by atoms with Gasteiger partial charge in [-0.2, -0.15) is 10.5 Å². The molecule has 9 rings (SSSR count). The normalized spacial score (nSPS) is 11.0. The van der Waals surface area contributed by atoms with Crippen LogP contribution in [0, 0.1) is 22.7 Å². The molecule has 2 aromatic heterocycles. The Labute approximate surface area is 305 Å². The summed E-state index contributed by atoms with van der Waals surface area (Å²) in [7, 11) is 0. The van der Waals surface area contributed by atoms with Gasteiger partial charge in [-0.25, -0.2) is 15.0 Å². The van der Waals surface area contributed by atoms with Crippen LogP contribution in [0.5, 0.6) is 0 Å². The minimum absolute atomic E-state index is 0.560. The summed E-state index contributed by atoms with van der Waals surface area (Å²) in [5, 5.41) is 21.3. The third-order valence-electron chi connectivity index (χ3n) is 9.36. The summed E-state index contributed by atoms with van der Waals surface area (Å²) >= 11 is 0. The molecule has 246 valence electrons. The molecule has 0 saturated heterocycles. The molecule has 0 spiro atoms. The van der Waals surface area contributed by atoms with E-state index in [9.17, 15) is 10.5 Å². The molecule has 0 aliphatic carbocycles. The molecule has 0 aliphatic heterocycles. The second kappa shape index (κ2) is 13.2. The fourth-order valence-electron chi connectivity index (χ4n) is 6.84. The van der Waals surface area contributed by atoms with E-state index in [0.717, 1.165) is 72.0 Å². The highest BCUT2D eigenvalue weighted by Crippen LogP contribution is 2.43. The molecule has 6 heteroatoms. The second-order valence-corrected chi connectivity index (χ2v) is 12.7. The molecule has 6 nitrogen and oxygen atoms in total. The van der Waals surface area contributed by atoms with Gasteiger partial charge in [0, 0.05) is 33.0 Å². The number of aromatic nitrogens is 3. The molecule has 7 aromatic carbocycles. The van der Waals surface area contributed by atoms with Crippen molar-refractivity contribution < 1.29 is 4.42 Å². The number of benzene rings is 7. The van der Waals surface area contributed by atoms with Crippen molar-refractivity contribution in [1.82, 2.24) is 15.0 Å². The minimum Gasteiger partial charge on any atom is -0.455 e. The third-order valence-corrected chi connectivity index (χ3v) is 9.36. The fourth-order valence-corrected chi connectivity index (χ4v) is 6.84. The van der Waals surface area contributed by atoms with Crippen molar-refractivity contribution >= 4 is 21.9 Å². The van der Waals surface area contributed by atoms with Crippen molar-refractivity contribution in [1.29, 1.82) is 10.5 Å². The Morgan fingerprint density at radius 2 is 0.906 bits per heavy atom. The van der Waals surface area contributed by atoms with Gasteiger partial charge in [0.05, 0.1) is 23.3 Å². The zero-order valence-electron chi connectivity index (χ0n) is 28.2. The maximum atomic E-state index is 9.72. The fraction of sp³-hybridized carbons (Fsp3) is 0. The van der Waals surface area contributed by atoms with Gasteiger partial charge in [0.1, 0.15) is 11.2 Å². The van der Waals surface area contributed by atoms with E-state index in [1.807, 2.05) is 121 Å². The summed E-state index contributed by atoms with van der Waals surface area (Å²) in [5.74, 6) is 1.77. The Morgan fingerprint density at radius 1 is 0.396 bits per heavy atom. The number of nitriles is 2. The van der Waals surface area contributed by atoms with Gasteiger partial charge in [-0.3, -0.25) is 0 Å². The van der Waals surface area contributed by atoms with Gasteiger partial charge in [0.15, 0.2) is 17.5 Å². The molecule has 53 heavy (non-hydrogen) atoms. The van der Waals surface area contributed by atoms with Gasteiger partial charge in [-0.15, -0.1) is 0 Å². The van der Waals surface area contributed by atoms with Crippen LogP contribution in [0.2, 0.25) is 0 Å². The van der Waals surface area contributed by atoms with Gasteiger partial charge >= 0.3 is 0 Å². The van der Waals surface area contributed by atoms with Gasteiger partial charge in [-0.05, 0) is 76.3 Å². The number of hydrogen-bond acceptors (Lipinski definition) is 6. The smallest absolute Gasteiger partial charge is 0.164 e. The molecule has 0 fully saturated rings. The predicted molar refractivity (Wildman–Crippen MR) is 209 cm³/mol. The molecule has 0 atom stereocenters. The largest absolute Gasteiger partial charge is 0.455 e. The van der Waals surface area contributed by atoms with Crippen LogP contribution in [0.15, 0.2) is 168 Å². The zero-order valence-corrected chi connectivity index (χ0v) is 28.2. The van der Waals surface area contributed by atoms with Crippen LogP contribution in [0.25, 0.3) is 89.5 Å². The summed E-state index contributed by atoms with van der Waals surface area (Å²) in [4.78, 5) is 14.8. The number of hydrogen-bond donors (Lipinski definition) is 0. The van der Waals surface area contributed by atoms with E-state index in [-0.39, 0.29) is 0 Å². The van der Waals surface area contributed by atoms with Crippen LogP contribution in [0.3, 0.4) is 0 Å². The SMILES string of the molecule is N#Cc1cccc(-c2cc(-c3cccc(C#N)c3)c3oc4cccc(-c5cccc(-c6nc(-c7ccccc7)nc(-c7ccccc7)n6)c5)c4c3c2)c1. The maximum absolute atomic E-state index is 9.72. The standard InChI is InChI=1S/C47H27N5O/c48-28-30-11-7-17-34(23-30)38-26-40(35-18-8-12-31(24-35)29-49)44-41(27-38)43-39(21-10-22-42(43)53-44)36-19-9-20-37(25-36)47-51-45(32-13-3-1-4-14-32)50-46(52-47)33-15-5-2-6-16-33/h1-27H. The van der Waals surface area contributed by atoms with Crippen molar-refractivity contribution in [3.05, 3.63) is 175 Å². The lowest BCUT2D eigenvalue weighted by atomic mass is 9.92. The molecule has 0 radical (unpaired) electrons. The van der Waals surface area contributed by atoms with Crippen LogP contribution in [-0.2, 0) is 0 Å². The van der Waals surface area contributed by atoms with E-state index < -0.39 is 0 Å². The van der Waals surface area contributed by atoms with Gasteiger partial charge in [0.25, 0.3) is 0 Å². The van der Waals surface area contributed by atoms with Crippen molar-refractivity contribution in [3.8, 4) is 79.7 Å². The lowest BCUT2D eigenvalue weighted by Crippen LogP contribution is -2.00. The molecule has 0 N–H and O–H groups in total. The first-order chi connectivity index (χ1) is 26.1. The average molecular weight is 678 g/mol. The quantitative estimate of drug-likeness (QED) is 0.174. The highest BCUT2D eigenvalue weighted by Gasteiger charge is 2.20. The molecule has 0 aliphatic rings. The summed E-state index contributed by atoms with van der Waals surface area (Å²) in [5.41, 5.74) is 10.8. The third kappa shape index (κ3) is 5.87. The number of fused-ring (bicyclic) bond motifs is 3. The topological polar surface area (TPSA) is 99.4 Å². The highest BCUT2D eigenvalue weighted by atomic mass is 16.3. The molecule has 9 aromatic rings. The van der Waals surface area contributed by atoms with Gasteiger partial charge in [-0.1, -0.05) is 115 Å². The first-order valence-electron chi connectivity index (χ1n) is 17.1. The van der Waals surface area contributed by atoms with Crippen molar-refractivity contribution in [3.63, 3.8) is 0 Å². The van der Waals surface area contributed by atoms with Crippen LogP contribution >= 0.6 is 0 Å². The predicted octanol–water partition coefficient (Wildman–Crippen LogP) is 11.5. The van der Waals surface area contributed by atoms with E-state index in [2.05, 4.69) is 42.5 Å².